The largest absolute Gasteiger partial charge is 0.134 e. The molecule has 0 saturated heterocycles. The first kappa shape index (κ1) is 11.0. The zero-order valence-electron chi connectivity index (χ0n) is 10.8. The van der Waals surface area contributed by atoms with Gasteiger partial charge >= 0.3 is 0 Å². The monoisotopic (exact) mass is 262 g/mol. The Morgan fingerprint density at radius 3 is 2.42 bits per heavy atom. The molecule has 0 unspecified atom stereocenters. The SMILES string of the molecule is CCc1cccc2c1sc1c3ccccc3ccc21. The van der Waals surface area contributed by atoms with Crippen LogP contribution in [-0.2, 0) is 6.42 Å². The standard InChI is InChI=1S/C18H14S/c1-2-12-7-5-9-15-16-11-10-13-6-3-4-8-14(13)18(16)19-17(12)15/h3-11H,2H2,1H3. The summed E-state index contributed by atoms with van der Waals surface area (Å²) in [5.41, 5.74) is 1.46. The van der Waals surface area contributed by atoms with Crippen molar-refractivity contribution in [2.45, 2.75) is 13.3 Å². The second-order valence-electron chi connectivity index (χ2n) is 4.91. The lowest BCUT2D eigenvalue weighted by Crippen LogP contribution is -1.77. The lowest BCUT2D eigenvalue weighted by atomic mass is 10.0. The molecule has 0 bridgehead atoms. The molecule has 92 valence electrons. The van der Waals surface area contributed by atoms with Gasteiger partial charge in [0, 0.05) is 20.2 Å². The molecule has 0 N–H and O–H groups in total. The summed E-state index contributed by atoms with van der Waals surface area (Å²) in [6, 6.07) is 19.9. The highest BCUT2D eigenvalue weighted by atomic mass is 32.1. The van der Waals surface area contributed by atoms with Gasteiger partial charge in [0.1, 0.15) is 0 Å². The van der Waals surface area contributed by atoms with Crippen LogP contribution in [0.1, 0.15) is 12.5 Å². The molecule has 0 atom stereocenters. The van der Waals surface area contributed by atoms with E-state index in [4.69, 9.17) is 0 Å². The molecule has 0 saturated carbocycles. The first-order valence-corrected chi connectivity index (χ1v) is 7.52. The van der Waals surface area contributed by atoms with Crippen LogP contribution in [0.3, 0.4) is 0 Å². The summed E-state index contributed by atoms with van der Waals surface area (Å²) in [5.74, 6) is 0. The molecule has 0 nitrogen and oxygen atoms in total. The second-order valence-corrected chi connectivity index (χ2v) is 5.93. The Morgan fingerprint density at radius 1 is 0.737 bits per heavy atom. The van der Waals surface area contributed by atoms with Crippen LogP contribution in [0.15, 0.2) is 54.6 Å². The lowest BCUT2D eigenvalue weighted by molar-refractivity contribution is 1.16. The van der Waals surface area contributed by atoms with Gasteiger partial charge in [0.2, 0.25) is 0 Å². The maximum absolute atomic E-state index is 2.27. The number of benzene rings is 3. The lowest BCUT2D eigenvalue weighted by Gasteiger charge is -1.98. The minimum absolute atomic E-state index is 1.10. The van der Waals surface area contributed by atoms with Crippen molar-refractivity contribution in [3.63, 3.8) is 0 Å². The number of hydrogen-bond donors (Lipinski definition) is 0. The molecule has 1 heterocycles. The third-order valence-electron chi connectivity index (χ3n) is 3.85. The Hall–Kier alpha value is -1.86. The molecule has 0 radical (unpaired) electrons. The van der Waals surface area contributed by atoms with Crippen LogP contribution >= 0.6 is 11.3 Å². The van der Waals surface area contributed by atoms with Crippen molar-refractivity contribution in [3.05, 3.63) is 60.2 Å². The Bertz CT molecular complexity index is 899. The normalized spacial score (nSPS) is 11.6. The van der Waals surface area contributed by atoms with Crippen molar-refractivity contribution in [2.24, 2.45) is 0 Å². The molecule has 0 fully saturated rings. The molecule has 1 aromatic heterocycles. The summed E-state index contributed by atoms with van der Waals surface area (Å²) in [7, 11) is 0. The Morgan fingerprint density at radius 2 is 1.53 bits per heavy atom. The Labute approximate surface area is 116 Å². The van der Waals surface area contributed by atoms with E-state index in [0.29, 0.717) is 0 Å². The van der Waals surface area contributed by atoms with E-state index in [1.54, 1.807) is 0 Å². The van der Waals surface area contributed by atoms with Crippen LogP contribution in [-0.4, -0.2) is 0 Å². The molecular formula is C18H14S. The Kier molecular flexibility index (Phi) is 2.36. The van der Waals surface area contributed by atoms with Crippen molar-refractivity contribution in [3.8, 4) is 0 Å². The van der Waals surface area contributed by atoms with Crippen LogP contribution in [0.4, 0.5) is 0 Å². The van der Waals surface area contributed by atoms with Gasteiger partial charge in [0.15, 0.2) is 0 Å². The van der Waals surface area contributed by atoms with Crippen LogP contribution in [0.5, 0.6) is 0 Å². The molecule has 0 amide bonds. The molecule has 4 rings (SSSR count). The summed E-state index contributed by atoms with van der Waals surface area (Å²) in [4.78, 5) is 0. The fraction of sp³-hybridized carbons (Fsp3) is 0.111. The van der Waals surface area contributed by atoms with Crippen molar-refractivity contribution in [1.29, 1.82) is 0 Å². The highest BCUT2D eigenvalue weighted by molar-refractivity contribution is 7.26. The zero-order valence-corrected chi connectivity index (χ0v) is 11.6. The average Bonchev–Trinajstić information content (AvgIpc) is 2.86. The third-order valence-corrected chi connectivity index (χ3v) is 5.18. The van der Waals surface area contributed by atoms with E-state index in [1.165, 1.54) is 36.5 Å². The highest BCUT2D eigenvalue weighted by Crippen LogP contribution is 2.39. The topological polar surface area (TPSA) is 0 Å². The number of hydrogen-bond acceptors (Lipinski definition) is 1. The second kappa shape index (κ2) is 4.07. The van der Waals surface area contributed by atoms with Gasteiger partial charge in [-0.15, -0.1) is 11.3 Å². The van der Waals surface area contributed by atoms with Gasteiger partial charge in [-0.3, -0.25) is 0 Å². The van der Waals surface area contributed by atoms with Gasteiger partial charge in [-0.25, -0.2) is 0 Å². The van der Waals surface area contributed by atoms with Crippen molar-refractivity contribution < 1.29 is 0 Å². The molecule has 1 heteroatoms. The Balaban J connectivity index is 2.27. The summed E-state index contributed by atoms with van der Waals surface area (Å²) < 4.78 is 2.88. The fourth-order valence-corrected chi connectivity index (χ4v) is 4.28. The van der Waals surface area contributed by atoms with E-state index >= 15 is 0 Å². The number of thiophene rings is 1. The van der Waals surface area contributed by atoms with E-state index in [1.807, 2.05) is 11.3 Å². The van der Waals surface area contributed by atoms with Gasteiger partial charge in [-0.05, 0) is 22.8 Å². The summed E-state index contributed by atoms with van der Waals surface area (Å²) in [5, 5.41) is 5.52. The molecule has 3 aromatic carbocycles. The number of fused-ring (bicyclic) bond motifs is 5. The number of aryl methyl sites for hydroxylation is 1. The van der Waals surface area contributed by atoms with E-state index in [9.17, 15) is 0 Å². The van der Waals surface area contributed by atoms with Gasteiger partial charge in [0.05, 0.1) is 0 Å². The quantitative estimate of drug-likeness (QED) is 0.408. The van der Waals surface area contributed by atoms with Crippen LogP contribution in [0.2, 0.25) is 0 Å². The molecule has 0 aliphatic carbocycles. The van der Waals surface area contributed by atoms with E-state index in [0.717, 1.165) is 6.42 Å². The smallest absolute Gasteiger partial charge is 0.0433 e. The van der Waals surface area contributed by atoms with Crippen LogP contribution in [0, 0.1) is 0 Å². The molecule has 0 spiro atoms. The first-order valence-electron chi connectivity index (χ1n) is 6.70. The van der Waals surface area contributed by atoms with Crippen molar-refractivity contribution in [1.82, 2.24) is 0 Å². The summed E-state index contributed by atoms with van der Waals surface area (Å²) >= 11 is 1.94. The minimum atomic E-state index is 1.10. The van der Waals surface area contributed by atoms with Gasteiger partial charge < -0.3 is 0 Å². The summed E-state index contributed by atoms with van der Waals surface area (Å²) in [6.45, 7) is 2.23. The molecule has 19 heavy (non-hydrogen) atoms. The van der Waals surface area contributed by atoms with Gasteiger partial charge in [-0.1, -0.05) is 61.5 Å². The average molecular weight is 262 g/mol. The maximum atomic E-state index is 2.27. The van der Waals surface area contributed by atoms with Gasteiger partial charge in [0.25, 0.3) is 0 Å². The van der Waals surface area contributed by atoms with Crippen LogP contribution < -0.4 is 0 Å². The van der Waals surface area contributed by atoms with Crippen LogP contribution in [0.25, 0.3) is 30.9 Å². The zero-order chi connectivity index (χ0) is 12.8. The van der Waals surface area contributed by atoms with Gasteiger partial charge in [-0.2, -0.15) is 0 Å². The van der Waals surface area contributed by atoms with E-state index < -0.39 is 0 Å². The predicted octanol–water partition coefficient (Wildman–Crippen LogP) is 5.77. The molecule has 4 aromatic rings. The van der Waals surface area contributed by atoms with Crippen molar-refractivity contribution in [2.75, 3.05) is 0 Å². The maximum Gasteiger partial charge on any atom is 0.0433 e. The fourth-order valence-electron chi connectivity index (χ4n) is 2.86. The molecule has 0 aliphatic heterocycles. The molecular weight excluding hydrogens is 248 g/mol. The minimum Gasteiger partial charge on any atom is -0.134 e. The van der Waals surface area contributed by atoms with Crippen molar-refractivity contribution >= 4 is 42.3 Å². The third kappa shape index (κ3) is 1.52. The van der Waals surface area contributed by atoms with E-state index in [2.05, 4.69) is 61.5 Å². The predicted molar refractivity (Wildman–Crippen MR) is 86.2 cm³/mol. The number of rotatable bonds is 1. The highest BCUT2D eigenvalue weighted by Gasteiger charge is 2.09. The van der Waals surface area contributed by atoms with E-state index in [-0.39, 0.29) is 0 Å². The summed E-state index contributed by atoms with van der Waals surface area (Å²) in [6.07, 6.45) is 1.10. The molecule has 0 aliphatic rings. The first-order chi connectivity index (χ1) is 9.38.